The van der Waals surface area contributed by atoms with Crippen molar-refractivity contribution >= 4 is 29.2 Å². The van der Waals surface area contributed by atoms with Crippen molar-refractivity contribution in [3.63, 3.8) is 0 Å². The number of hydrogen-bond acceptors (Lipinski definition) is 4. The first kappa shape index (κ1) is 15.7. The number of benzene rings is 2. The van der Waals surface area contributed by atoms with Crippen LogP contribution in [0, 0.1) is 5.82 Å². The minimum absolute atomic E-state index is 0.334. The Kier molecular flexibility index (Phi) is 4.04. The smallest absolute Gasteiger partial charge is 0.337 e. The second-order valence-electron chi connectivity index (χ2n) is 5.15. The van der Waals surface area contributed by atoms with Crippen LogP contribution < -0.4 is 10.1 Å². The molecular weight excluding hydrogens is 313 g/mol. The van der Waals surface area contributed by atoms with Gasteiger partial charge in [0.2, 0.25) is 0 Å². The number of methoxy groups -OCH3 is 2. The van der Waals surface area contributed by atoms with E-state index in [-0.39, 0.29) is 5.91 Å². The van der Waals surface area contributed by atoms with Gasteiger partial charge in [0.15, 0.2) is 0 Å². The number of hydrogen-bond donors (Lipinski definition) is 1. The molecule has 1 aliphatic rings. The number of amides is 1. The lowest BCUT2D eigenvalue weighted by molar-refractivity contribution is -0.110. The third kappa shape index (κ3) is 2.74. The van der Waals surface area contributed by atoms with E-state index >= 15 is 0 Å². The Labute approximate surface area is 137 Å². The van der Waals surface area contributed by atoms with Crippen LogP contribution in [0.2, 0.25) is 0 Å². The highest BCUT2D eigenvalue weighted by molar-refractivity contribution is 6.35. The highest BCUT2D eigenvalue weighted by Gasteiger charge is 2.25. The molecule has 0 aliphatic carbocycles. The Bertz CT molecular complexity index is 873. The van der Waals surface area contributed by atoms with Gasteiger partial charge in [0, 0.05) is 22.4 Å². The van der Waals surface area contributed by atoms with E-state index in [9.17, 15) is 14.0 Å². The lowest BCUT2D eigenvalue weighted by Gasteiger charge is -2.06. The van der Waals surface area contributed by atoms with Gasteiger partial charge in [0.1, 0.15) is 11.6 Å². The molecule has 2 aromatic rings. The summed E-state index contributed by atoms with van der Waals surface area (Å²) in [4.78, 5) is 23.8. The molecule has 0 radical (unpaired) electrons. The molecule has 0 bridgehead atoms. The van der Waals surface area contributed by atoms with Crippen molar-refractivity contribution in [2.75, 3.05) is 19.5 Å². The van der Waals surface area contributed by atoms with E-state index in [2.05, 4.69) is 10.1 Å². The first-order valence-electron chi connectivity index (χ1n) is 7.13. The molecule has 5 nitrogen and oxygen atoms in total. The average molecular weight is 327 g/mol. The monoisotopic (exact) mass is 327 g/mol. The van der Waals surface area contributed by atoms with Gasteiger partial charge in [-0.25, -0.2) is 9.18 Å². The largest absolute Gasteiger partial charge is 0.496 e. The number of anilines is 1. The molecule has 0 fully saturated rings. The van der Waals surface area contributed by atoms with Gasteiger partial charge < -0.3 is 14.8 Å². The van der Waals surface area contributed by atoms with E-state index in [1.54, 1.807) is 24.3 Å². The molecule has 0 saturated heterocycles. The topological polar surface area (TPSA) is 64.6 Å². The molecule has 1 N–H and O–H groups in total. The maximum atomic E-state index is 13.5. The predicted octanol–water partition coefficient (Wildman–Crippen LogP) is 3.11. The molecule has 2 aromatic carbocycles. The minimum atomic E-state index is -0.490. The first-order chi connectivity index (χ1) is 11.5. The van der Waals surface area contributed by atoms with E-state index < -0.39 is 11.8 Å². The van der Waals surface area contributed by atoms with Gasteiger partial charge in [0.25, 0.3) is 5.91 Å². The van der Waals surface area contributed by atoms with Gasteiger partial charge in [-0.15, -0.1) is 0 Å². The average Bonchev–Trinajstić information content (AvgIpc) is 2.89. The fourth-order valence-electron chi connectivity index (χ4n) is 2.56. The summed E-state index contributed by atoms with van der Waals surface area (Å²) in [5.74, 6) is -0.798. The molecule has 1 amide bonds. The highest BCUT2D eigenvalue weighted by atomic mass is 19.1. The lowest BCUT2D eigenvalue weighted by Crippen LogP contribution is -2.04. The molecule has 0 saturated carbocycles. The number of fused-ring (bicyclic) bond motifs is 1. The SMILES string of the molecule is COC(=O)c1ccc2c(c1)NC(=O)/C2=C/c1cc(F)ccc1OC. The zero-order valence-corrected chi connectivity index (χ0v) is 13.1. The lowest BCUT2D eigenvalue weighted by atomic mass is 10.0. The molecule has 1 heterocycles. The van der Waals surface area contributed by atoms with Gasteiger partial charge in [-0.2, -0.15) is 0 Å². The normalized spacial score (nSPS) is 14.3. The van der Waals surface area contributed by atoms with Crippen LogP contribution in [0.25, 0.3) is 11.6 Å². The van der Waals surface area contributed by atoms with E-state index in [1.165, 1.54) is 32.4 Å². The van der Waals surface area contributed by atoms with Crippen molar-refractivity contribution in [1.29, 1.82) is 0 Å². The number of nitrogens with one attached hydrogen (secondary N) is 1. The summed E-state index contributed by atoms with van der Waals surface area (Å²) < 4.78 is 23.4. The third-order valence-electron chi connectivity index (χ3n) is 3.72. The Morgan fingerprint density at radius 1 is 1.17 bits per heavy atom. The third-order valence-corrected chi connectivity index (χ3v) is 3.72. The number of esters is 1. The van der Waals surface area contributed by atoms with Crippen LogP contribution in [0.3, 0.4) is 0 Å². The summed E-state index contributed by atoms with van der Waals surface area (Å²) in [5.41, 5.74) is 2.28. The van der Waals surface area contributed by atoms with Crippen molar-refractivity contribution < 1.29 is 23.5 Å². The van der Waals surface area contributed by atoms with Crippen molar-refractivity contribution in [2.45, 2.75) is 0 Å². The van der Waals surface area contributed by atoms with E-state index in [1.807, 2.05) is 0 Å². The molecule has 1 aliphatic heterocycles. The van der Waals surface area contributed by atoms with Crippen LogP contribution in [0.15, 0.2) is 36.4 Å². The molecule has 0 atom stereocenters. The zero-order valence-electron chi connectivity index (χ0n) is 13.1. The fourth-order valence-corrected chi connectivity index (χ4v) is 2.56. The zero-order chi connectivity index (χ0) is 17.3. The van der Waals surface area contributed by atoms with Crippen molar-refractivity contribution in [3.05, 3.63) is 58.9 Å². The summed E-state index contributed by atoms with van der Waals surface area (Å²) in [6.45, 7) is 0. The van der Waals surface area contributed by atoms with Crippen molar-refractivity contribution in [2.24, 2.45) is 0 Å². The Morgan fingerprint density at radius 3 is 2.67 bits per heavy atom. The summed E-state index contributed by atoms with van der Waals surface area (Å²) in [7, 11) is 2.76. The van der Waals surface area contributed by atoms with Gasteiger partial charge in [-0.3, -0.25) is 4.79 Å². The van der Waals surface area contributed by atoms with Gasteiger partial charge >= 0.3 is 5.97 Å². The van der Waals surface area contributed by atoms with Crippen LogP contribution >= 0.6 is 0 Å². The number of carbonyl (C=O) groups excluding carboxylic acids is 2. The molecule has 0 aromatic heterocycles. The van der Waals surface area contributed by atoms with E-state index in [4.69, 9.17) is 4.74 Å². The summed E-state index contributed by atoms with van der Waals surface area (Å²) >= 11 is 0. The molecule has 6 heteroatoms. The second kappa shape index (κ2) is 6.16. The first-order valence-corrected chi connectivity index (χ1v) is 7.13. The fraction of sp³-hybridized carbons (Fsp3) is 0.111. The standard InChI is InChI=1S/C18H14FNO4/c1-23-16-6-4-12(19)7-11(16)8-14-13-5-3-10(18(22)24-2)9-15(13)20-17(14)21/h3-9H,1-2H3,(H,20,21)/b14-8+. The number of carbonyl (C=O) groups is 2. The summed E-state index contributed by atoms with van der Waals surface area (Å²) in [6, 6.07) is 8.84. The summed E-state index contributed by atoms with van der Waals surface area (Å²) in [6.07, 6.45) is 1.56. The predicted molar refractivity (Wildman–Crippen MR) is 87.2 cm³/mol. The summed E-state index contributed by atoms with van der Waals surface area (Å²) in [5, 5.41) is 2.69. The van der Waals surface area contributed by atoms with E-state index in [0.29, 0.717) is 33.7 Å². The maximum Gasteiger partial charge on any atom is 0.337 e. The Morgan fingerprint density at radius 2 is 1.96 bits per heavy atom. The number of rotatable bonds is 3. The molecule has 122 valence electrons. The van der Waals surface area contributed by atoms with Gasteiger partial charge in [-0.05, 0) is 36.4 Å². The number of halogens is 1. The quantitative estimate of drug-likeness (QED) is 0.695. The van der Waals surface area contributed by atoms with Crippen molar-refractivity contribution in [1.82, 2.24) is 0 Å². The van der Waals surface area contributed by atoms with Gasteiger partial charge in [0.05, 0.1) is 19.8 Å². The second-order valence-corrected chi connectivity index (χ2v) is 5.15. The Balaban J connectivity index is 2.07. The minimum Gasteiger partial charge on any atom is -0.496 e. The van der Waals surface area contributed by atoms with Crippen LogP contribution in [-0.2, 0) is 9.53 Å². The Hall–Kier alpha value is -3.15. The molecule has 0 unspecified atom stereocenters. The van der Waals surface area contributed by atoms with Crippen LogP contribution in [-0.4, -0.2) is 26.1 Å². The molecule has 24 heavy (non-hydrogen) atoms. The number of ether oxygens (including phenoxy) is 2. The van der Waals surface area contributed by atoms with Crippen LogP contribution in [0.1, 0.15) is 21.5 Å². The molecule has 0 spiro atoms. The maximum absolute atomic E-state index is 13.5. The van der Waals surface area contributed by atoms with Gasteiger partial charge in [-0.1, -0.05) is 6.07 Å². The molecule has 3 rings (SSSR count). The highest BCUT2D eigenvalue weighted by Crippen LogP contribution is 2.35. The van der Waals surface area contributed by atoms with Crippen molar-refractivity contribution in [3.8, 4) is 5.75 Å². The van der Waals surface area contributed by atoms with E-state index in [0.717, 1.165) is 0 Å². The molecular formula is C18H14FNO4. The van der Waals surface area contributed by atoms with Crippen LogP contribution in [0.5, 0.6) is 5.75 Å². The van der Waals surface area contributed by atoms with Crippen LogP contribution in [0.4, 0.5) is 10.1 Å².